The molecule has 0 radical (unpaired) electrons. The Kier molecular flexibility index (Phi) is 5.32. The average Bonchev–Trinajstić information content (AvgIpc) is 2.76. The molecule has 0 bridgehead atoms. The van der Waals surface area contributed by atoms with Crippen LogP contribution in [0, 0.1) is 0 Å². The fourth-order valence-corrected chi connectivity index (χ4v) is 2.91. The Balaban J connectivity index is 2.41. The topological polar surface area (TPSA) is 140 Å². The maximum Gasteiger partial charge on any atom is 0.330 e. The number of aliphatic hydroxyl groups is 1. The molecule has 0 aromatic carbocycles. The number of rotatable bonds is 5. The molecule has 1 aromatic rings. The summed E-state index contributed by atoms with van der Waals surface area (Å²) >= 11 is 0. The lowest BCUT2D eigenvalue weighted by Gasteiger charge is -2.23. The van der Waals surface area contributed by atoms with E-state index < -0.39 is 50.1 Å². The van der Waals surface area contributed by atoms with Gasteiger partial charge in [0, 0.05) is 19.4 Å². The van der Waals surface area contributed by atoms with Crippen LogP contribution in [0.2, 0.25) is 0 Å². The van der Waals surface area contributed by atoms with Crippen LogP contribution in [0.25, 0.3) is 0 Å². The summed E-state index contributed by atoms with van der Waals surface area (Å²) < 4.78 is 27.7. The lowest BCUT2D eigenvalue weighted by Crippen LogP contribution is -2.40. The molecule has 11 heteroatoms. The van der Waals surface area contributed by atoms with Gasteiger partial charge in [0.1, 0.15) is 18.3 Å². The highest BCUT2D eigenvalue weighted by atomic mass is 31.1. The second-order valence-electron chi connectivity index (χ2n) is 4.80. The van der Waals surface area contributed by atoms with Crippen LogP contribution in [0.5, 0.6) is 0 Å². The third kappa shape index (κ3) is 3.37. The smallest absolute Gasteiger partial charge is 0.330 e. The van der Waals surface area contributed by atoms with Crippen molar-refractivity contribution in [1.29, 1.82) is 0 Å². The zero-order valence-electron chi connectivity index (χ0n) is 11.8. The number of hydrogen-bond donors (Lipinski definition) is 3. The SMILES string of the molecule is CO[C@H]1C(O[PH](=O)O)[C@@H](C(C)O)O[C@H]1n1ccc(=O)[nH]c1=O. The van der Waals surface area contributed by atoms with Crippen LogP contribution >= 0.6 is 8.25 Å². The Morgan fingerprint density at radius 2 is 2.14 bits per heavy atom. The van der Waals surface area contributed by atoms with Gasteiger partial charge in [-0.15, -0.1) is 0 Å². The first-order valence-corrected chi connectivity index (χ1v) is 7.69. The number of methoxy groups -OCH3 is 1. The van der Waals surface area contributed by atoms with Crippen molar-refractivity contribution >= 4 is 8.25 Å². The van der Waals surface area contributed by atoms with Crippen LogP contribution in [0.15, 0.2) is 21.9 Å². The number of nitrogens with zero attached hydrogens (tertiary/aromatic N) is 1. The van der Waals surface area contributed by atoms with E-state index in [0.29, 0.717) is 0 Å². The molecule has 10 nitrogen and oxygen atoms in total. The van der Waals surface area contributed by atoms with Gasteiger partial charge in [0.25, 0.3) is 5.56 Å². The Hall–Kier alpha value is -1.29. The van der Waals surface area contributed by atoms with Gasteiger partial charge in [-0.1, -0.05) is 0 Å². The van der Waals surface area contributed by atoms with E-state index in [1.807, 2.05) is 0 Å². The van der Waals surface area contributed by atoms with Gasteiger partial charge in [0.2, 0.25) is 0 Å². The highest BCUT2D eigenvalue weighted by molar-refractivity contribution is 7.32. The minimum atomic E-state index is -3.31. The number of aromatic nitrogens is 2. The first kappa shape index (κ1) is 17.1. The lowest BCUT2D eigenvalue weighted by molar-refractivity contribution is -0.0817. The predicted molar refractivity (Wildman–Crippen MR) is 73.8 cm³/mol. The summed E-state index contributed by atoms with van der Waals surface area (Å²) in [5.41, 5.74) is -1.31. The van der Waals surface area contributed by atoms with E-state index in [0.717, 1.165) is 10.6 Å². The molecule has 3 unspecified atom stereocenters. The molecule has 0 amide bonds. The molecule has 1 aliphatic rings. The van der Waals surface area contributed by atoms with Gasteiger partial charge < -0.3 is 24.0 Å². The molecule has 1 aliphatic heterocycles. The summed E-state index contributed by atoms with van der Waals surface area (Å²) in [6.07, 6.45) is -3.81. The molecular weight excluding hydrogens is 319 g/mol. The molecule has 0 saturated carbocycles. The van der Waals surface area contributed by atoms with E-state index in [2.05, 4.69) is 4.98 Å². The van der Waals surface area contributed by atoms with Gasteiger partial charge in [-0.05, 0) is 6.92 Å². The van der Waals surface area contributed by atoms with E-state index in [9.17, 15) is 19.3 Å². The summed E-state index contributed by atoms with van der Waals surface area (Å²) in [5.74, 6) is 0. The van der Waals surface area contributed by atoms with Crippen molar-refractivity contribution in [3.8, 4) is 0 Å². The summed E-state index contributed by atoms with van der Waals surface area (Å²) in [7, 11) is -2.00. The van der Waals surface area contributed by atoms with Gasteiger partial charge in [0.15, 0.2) is 6.23 Å². The van der Waals surface area contributed by atoms with E-state index in [1.54, 1.807) is 0 Å². The molecule has 1 saturated heterocycles. The Morgan fingerprint density at radius 3 is 2.64 bits per heavy atom. The van der Waals surface area contributed by atoms with Crippen molar-refractivity contribution in [3.05, 3.63) is 33.1 Å². The third-order valence-electron chi connectivity index (χ3n) is 3.34. The van der Waals surface area contributed by atoms with Crippen molar-refractivity contribution in [3.63, 3.8) is 0 Å². The van der Waals surface area contributed by atoms with E-state index in [-0.39, 0.29) is 0 Å². The summed E-state index contributed by atoms with van der Waals surface area (Å²) in [4.78, 5) is 34.0. The summed E-state index contributed by atoms with van der Waals surface area (Å²) in [5, 5.41) is 9.75. The minimum absolute atomic E-state index is 0.575. The number of hydrogen-bond acceptors (Lipinski definition) is 7. The van der Waals surface area contributed by atoms with Gasteiger partial charge in [-0.25, -0.2) is 4.79 Å². The molecule has 0 aliphatic carbocycles. The van der Waals surface area contributed by atoms with E-state index in [1.165, 1.54) is 20.2 Å². The van der Waals surface area contributed by atoms with Crippen molar-refractivity contribution < 1.29 is 28.6 Å². The molecule has 3 N–H and O–H groups in total. The maximum absolute atomic E-state index is 11.9. The monoisotopic (exact) mass is 336 g/mol. The lowest BCUT2D eigenvalue weighted by atomic mass is 10.1. The van der Waals surface area contributed by atoms with Crippen LogP contribution in [0.1, 0.15) is 13.2 Å². The molecule has 1 fully saturated rings. The van der Waals surface area contributed by atoms with Gasteiger partial charge in [-0.2, -0.15) is 0 Å². The van der Waals surface area contributed by atoms with Gasteiger partial charge in [0.05, 0.1) is 6.10 Å². The zero-order chi connectivity index (χ0) is 16.4. The van der Waals surface area contributed by atoms with Crippen LogP contribution in [-0.4, -0.2) is 51.1 Å². The molecule has 1 aromatic heterocycles. The van der Waals surface area contributed by atoms with Crippen molar-refractivity contribution in [2.24, 2.45) is 0 Å². The fourth-order valence-electron chi connectivity index (χ4n) is 2.41. The quantitative estimate of drug-likeness (QED) is 0.558. The Labute approximate surface area is 125 Å². The fraction of sp³-hybridized carbons (Fsp3) is 0.636. The van der Waals surface area contributed by atoms with Crippen LogP contribution in [0.3, 0.4) is 0 Å². The average molecular weight is 336 g/mol. The second-order valence-corrected chi connectivity index (χ2v) is 5.57. The molecule has 2 heterocycles. The zero-order valence-corrected chi connectivity index (χ0v) is 12.8. The normalized spacial score (nSPS) is 31.1. The summed E-state index contributed by atoms with van der Waals surface area (Å²) in [6, 6.07) is 1.12. The predicted octanol–water partition coefficient (Wildman–Crippen LogP) is -1.40. The molecule has 22 heavy (non-hydrogen) atoms. The molecule has 0 spiro atoms. The Morgan fingerprint density at radius 1 is 1.45 bits per heavy atom. The number of ether oxygens (including phenoxy) is 2. The van der Waals surface area contributed by atoms with E-state index in [4.69, 9.17) is 18.9 Å². The van der Waals surface area contributed by atoms with Crippen molar-refractivity contribution in [1.82, 2.24) is 9.55 Å². The van der Waals surface area contributed by atoms with Crippen LogP contribution < -0.4 is 11.2 Å². The number of nitrogens with one attached hydrogen (secondary N) is 1. The van der Waals surface area contributed by atoms with Gasteiger partial charge >= 0.3 is 13.9 Å². The second kappa shape index (κ2) is 6.86. The molecular formula is C11H17N2O8P. The van der Waals surface area contributed by atoms with Crippen LogP contribution in [0.4, 0.5) is 0 Å². The highest BCUT2D eigenvalue weighted by Gasteiger charge is 2.49. The highest BCUT2D eigenvalue weighted by Crippen LogP contribution is 2.37. The molecule has 124 valence electrons. The molecule has 6 atom stereocenters. The first-order chi connectivity index (χ1) is 10.3. The van der Waals surface area contributed by atoms with Crippen molar-refractivity contribution in [2.75, 3.05) is 7.11 Å². The van der Waals surface area contributed by atoms with Crippen LogP contribution in [-0.2, 0) is 18.6 Å². The molecule has 2 rings (SSSR count). The largest absolute Gasteiger partial charge is 0.391 e. The third-order valence-corrected chi connectivity index (χ3v) is 3.81. The summed E-state index contributed by atoms with van der Waals surface area (Å²) in [6.45, 7) is 1.42. The van der Waals surface area contributed by atoms with E-state index >= 15 is 0 Å². The number of aromatic amines is 1. The van der Waals surface area contributed by atoms with Crippen molar-refractivity contribution in [2.45, 2.75) is 37.6 Å². The standard InChI is InChI=1S/C11H17N2O8P/c1-5(14)7-8(21-22(17)18)9(19-2)10(20-7)13-4-3-6(15)12-11(13)16/h3-5,7-10,14,22H,1-2H3,(H,17,18)(H,12,15,16)/t5?,7-,8?,9+,10-/m1/s1. The Bertz CT molecular complexity index is 656. The van der Waals surface area contributed by atoms with Gasteiger partial charge in [-0.3, -0.25) is 18.9 Å². The maximum atomic E-state index is 11.9. The number of aliphatic hydroxyl groups excluding tert-OH is 1. The minimum Gasteiger partial charge on any atom is -0.391 e. The first-order valence-electron chi connectivity index (χ1n) is 6.42. The number of H-pyrrole nitrogens is 1.